The molecule has 1 saturated heterocycles. The lowest BCUT2D eigenvalue weighted by molar-refractivity contribution is 0.573. The fourth-order valence-electron chi connectivity index (χ4n) is 1.89. The van der Waals surface area contributed by atoms with Gasteiger partial charge in [-0.2, -0.15) is 5.10 Å². The van der Waals surface area contributed by atoms with Crippen molar-refractivity contribution in [3.8, 4) is 0 Å². The fraction of sp³-hybridized carbons (Fsp3) is 0.727. The van der Waals surface area contributed by atoms with Gasteiger partial charge >= 0.3 is 0 Å². The predicted octanol–water partition coefficient (Wildman–Crippen LogP) is 1.04. The number of hydrogen-bond donors (Lipinski definition) is 2. The summed E-state index contributed by atoms with van der Waals surface area (Å²) in [7, 11) is 0. The second-order valence-corrected chi connectivity index (χ2v) is 4.31. The lowest BCUT2D eigenvalue weighted by Crippen LogP contribution is -2.24. The van der Waals surface area contributed by atoms with E-state index in [0.29, 0.717) is 12.0 Å². The molecular formula is C11H19N5. The smallest absolute Gasteiger partial charge is 0.242 e. The van der Waals surface area contributed by atoms with Crippen molar-refractivity contribution in [1.29, 1.82) is 0 Å². The first-order valence-corrected chi connectivity index (χ1v) is 5.91. The van der Waals surface area contributed by atoms with E-state index < -0.39 is 0 Å². The number of nitrogens with one attached hydrogen (secondary N) is 2. The highest BCUT2D eigenvalue weighted by Gasteiger charge is 2.13. The van der Waals surface area contributed by atoms with Crippen molar-refractivity contribution in [3.63, 3.8) is 0 Å². The standard InChI is InChI=1S/C11H19N5/c1-8-9(2)15-16-11(14-8)13-7-5-10-4-3-6-12-10/h10,12H,3-7H2,1-2H3,(H,13,14,16)/t10-/m0/s1. The number of hydrogen-bond acceptors (Lipinski definition) is 5. The normalized spacial score (nSPS) is 20.0. The van der Waals surface area contributed by atoms with Crippen molar-refractivity contribution >= 4 is 5.95 Å². The zero-order chi connectivity index (χ0) is 11.4. The van der Waals surface area contributed by atoms with Gasteiger partial charge in [0.2, 0.25) is 5.95 Å². The van der Waals surface area contributed by atoms with Gasteiger partial charge in [0.05, 0.1) is 11.4 Å². The maximum atomic E-state index is 4.33. The molecule has 0 spiro atoms. The van der Waals surface area contributed by atoms with Gasteiger partial charge in [0.25, 0.3) is 0 Å². The van der Waals surface area contributed by atoms with Gasteiger partial charge < -0.3 is 10.6 Å². The first-order chi connectivity index (χ1) is 7.75. The molecule has 5 heteroatoms. The molecule has 16 heavy (non-hydrogen) atoms. The zero-order valence-electron chi connectivity index (χ0n) is 9.95. The Labute approximate surface area is 96.1 Å². The molecule has 1 atom stereocenters. The van der Waals surface area contributed by atoms with Gasteiger partial charge in [-0.1, -0.05) is 0 Å². The van der Waals surface area contributed by atoms with Crippen LogP contribution in [-0.4, -0.2) is 34.3 Å². The Morgan fingerprint density at radius 2 is 2.19 bits per heavy atom. The summed E-state index contributed by atoms with van der Waals surface area (Å²) in [5, 5.41) is 14.7. The van der Waals surface area contributed by atoms with Gasteiger partial charge in [0.1, 0.15) is 0 Å². The number of aryl methyl sites for hydroxylation is 2. The zero-order valence-corrected chi connectivity index (χ0v) is 9.95. The molecular weight excluding hydrogens is 202 g/mol. The largest absolute Gasteiger partial charge is 0.353 e. The molecule has 0 radical (unpaired) electrons. The Balaban J connectivity index is 1.78. The molecule has 0 amide bonds. The molecule has 0 aromatic carbocycles. The first kappa shape index (κ1) is 11.3. The molecule has 2 N–H and O–H groups in total. The number of aromatic nitrogens is 3. The van der Waals surface area contributed by atoms with E-state index >= 15 is 0 Å². The third kappa shape index (κ3) is 2.88. The van der Waals surface area contributed by atoms with Crippen LogP contribution in [0.4, 0.5) is 5.95 Å². The van der Waals surface area contributed by atoms with Crippen LogP contribution in [0.5, 0.6) is 0 Å². The minimum atomic E-state index is 0.640. The average molecular weight is 221 g/mol. The molecule has 2 heterocycles. The van der Waals surface area contributed by atoms with Crippen LogP contribution in [0, 0.1) is 13.8 Å². The van der Waals surface area contributed by atoms with Gasteiger partial charge in [-0.05, 0) is 39.7 Å². The van der Waals surface area contributed by atoms with E-state index in [1.165, 1.54) is 12.8 Å². The van der Waals surface area contributed by atoms with Crippen molar-refractivity contribution in [1.82, 2.24) is 20.5 Å². The number of anilines is 1. The molecule has 0 unspecified atom stereocenters. The predicted molar refractivity (Wildman–Crippen MR) is 63.4 cm³/mol. The topological polar surface area (TPSA) is 62.7 Å². The van der Waals surface area contributed by atoms with Gasteiger partial charge in [-0.25, -0.2) is 4.98 Å². The molecule has 1 aromatic heterocycles. The highest BCUT2D eigenvalue weighted by atomic mass is 15.2. The molecule has 0 saturated carbocycles. The summed E-state index contributed by atoms with van der Waals surface area (Å²) in [6, 6.07) is 0.659. The highest BCUT2D eigenvalue weighted by Crippen LogP contribution is 2.09. The summed E-state index contributed by atoms with van der Waals surface area (Å²) in [6.07, 6.45) is 3.70. The third-order valence-corrected chi connectivity index (χ3v) is 3.03. The first-order valence-electron chi connectivity index (χ1n) is 5.91. The van der Waals surface area contributed by atoms with Crippen molar-refractivity contribution in [2.24, 2.45) is 0 Å². The third-order valence-electron chi connectivity index (χ3n) is 3.03. The van der Waals surface area contributed by atoms with E-state index in [2.05, 4.69) is 25.8 Å². The van der Waals surface area contributed by atoms with Gasteiger partial charge in [-0.15, -0.1) is 5.10 Å². The van der Waals surface area contributed by atoms with Crippen LogP contribution < -0.4 is 10.6 Å². The van der Waals surface area contributed by atoms with E-state index in [-0.39, 0.29) is 0 Å². The second-order valence-electron chi connectivity index (χ2n) is 4.31. The van der Waals surface area contributed by atoms with Gasteiger partial charge in [0.15, 0.2) is 0 Å². The van der Waals surface area contributed by atoms with E-state index in [0.717, 1.165) is 30.9 Å². The summed E-state index contributed by atoms with van der Waals surface area (Å²) in [4.78, 5) is 4.33. The molecule has 1 aliphatic rings. The molecule has 1 aromatic rings. The van der Waals surface area contributed by atoms with Crippen molar-refractivity contribution in [2.75, 3.05) is 18.4 Å². The Morgan fingerprint density at radius 1 is 1.31 bits per heavy atom. The molecule has 1 fully saturated rings. The SMILES string of the molecule is Cc1nnc(NCC[C@@H]2CCCN2)nc1C. The quantitative estimate of drug-likeness (QED) is 0.795. The minimum absolute atomic E-state index is 0.640. The summed E-state index contributed by atoms with van der Waals surface area (Å²) in [6.45, 7) is 5.93. The van der Waals surface area contributed by atoms with Crippen molar-refractivity contribution < 1.29 is 0 Å². The van der Waals surface area contributed by atoms with E-state index in [1.54, 1.807) is 0 Å². The van der Waals surface area contributed by atoms with Crippen molar-refractivity contribution in [2.45, 2.75) is 39.2 Å². The number of nitrogens with zero attached hydrogens (tertiary/aromatic N) is 3. The van der Waals surface area contributed by atoms with Crippen LogP contribution in [0.2, 0.25) is 0 Å². The van der Waals surface area contributed by atoms with E-state index in [1.807, 2.05) is 13.8 Å². The Morgan fingerprint density at radius 3 is 2.88 bits per heavy atom. The van der Waals surface area contributed by atoms with E-state index in [9.17, 15) is 0 Å². The molecule has 0 aliphatic carbocycles. The Kier molecular flexibility index (Phi) is 3.66. The number of rotatable bonds is 4. The van der Waals surface area contributed by atoms with Crippen molar-refractivity contribution in [3.05, 3.63) is 11.4 Å². The van der Waals surface area contributed by atoms with Crippen LogP contribution in [0.1, 0.15) is 30.7 Å². The van der Waals surface area contributed by atoms with Crippen LogP contribution >= 0.6 is 0 Å². The fourth-order valence-corrected chi connectivity index (χ4v) is 1.89. The maximum Gasteiger partial charge on any atom is 0.242 e. The van der Waals surface area contributed by atoms with Crippen LogP contribution in [0.25, 0.3) is 0 Å². The summed E-state index contributed by atoms with van der Waals surface area (Å²) in [5.74, 6) is 0.640. The lowest BCUT2D eigenvalue weighted by atomic mass is 10.1. The Bertz CT molecular complexity index is 346. The molecule has 1 aliphatic heterocycles. The van der Waals surface area contributed by atoms with Gasteiger partial charge in [-0.3, -0.25) is 0 Å². The maximum absolute atomic E-state index is 4.33. The average Bonchev–Trinajstić information content (AvgIpc) is 2.76. The molecule has 0 bridgehead atoms. The van der Waals surface area contributed by atoms with Crippen LogP contribution in [-0.2, 0) is 0 Å². The van der Waals surface area contributed by atoms with Crippen LogP contribution in [0.15, 0.2) is 0 Å². The van der Waals surface area contributed by atoms with Crippen LogP contribution in [0.3, 0.4) is 0 Å². The minimum Gasteiger partial charge on any atom is -0.353 e. The van der Waals surface area contributed by atoms with Gasteiger partial charge in [0, 0.05) is 12.6 Å². The van der Waals surface area contributed by atoms with E-state index in [4.69, 9.17) is 0 Å². The highest BCUT2D eigenvalue weighted by molar-refractivity contribution is 5.24. The summed E-state index contributed by atoms with van der Waals surface area (Å²) < 4.78 is 0. The monoisotopic (exact) mass is 221 g/mol. The molecule has 5 nitrogen and oxygen atoms in total. The second kappa shape index (κ2) is 5.21. The lowest BCUT2D eigenvalue weighted by Gasteiger charge is -2.10. The molecule has 88 valence electrons. The Hall–Kier alpha value is -1.23. The summed E-state index contributed by atoms with van der Waals surface area (Å²) >= 11 is 0. The molecule has 2 rings (SSSR count). The summed E-state index contributed by atoms with van der Waals surface area (Å²) in [5.41, 5.74) is 1.83.